The lowest BCUT2D eigenvalue weighted by molar-refractivity contribution is -0.153. The van der Waals surface area contributed by atoms with Gasteiger partial charge < -0.3 is 15.9 Å². The summed E-state index contributed by atoms with van der Waals surface area (Å²) < 4.78 is 36.5. The van der Waals surface area contributed by atoms with Crippen LogP contribution in [0.25, 0.3) is 0 Å². The monoisotopic (exact) mass is 305 g/mol. The molecule has 1 aromatic rings. The van der Waals surface area contributed by atoms with Crippen molar-refractivity contribution in [1.82, 2.24) is 0 Å². The van der Waals surface area contributed by atoms with Gasteiger partial charge in [0, 0.05) is 17.0 Å². The molecule has 3 nitrogen and oxygen atoms in total. The van der Waals surface area contributed by atoms with Gasteiger partial charge in [-0.25, -0.2) is 0 Å². The number of nitrogens with two attached hydrogens (primary N) is 1. The van der Waals surface area contributed by atoms with E-state index in [9.17, 15) is 23.4 Å². The number of aromatic hydroxyl groups is 1. The first kappa shape index (κ1) is 17.3. The highest BCUT2D eigenvalue weighted by Crippen LogP contribution is 2.32. The zero-order valence-corrected chi connectivity index (χ0v) is 10.6. The molecule has 4 N–H and O–H groups in total. The molecule has 18 heavy (non-hydrogen) atoms. The lowest BCUT2D eigenvalue weighted by Gasteiger charge is -2.19. The van der Waals surface area contributed by atoms with Crippen LogP contribution in [0.2, 0.25) is 5.02 Å². The molecule has 0 heterocycles. The van der Waals surface area contributed by atoms with E-state index in [-0.39, 0.29) is 28.7 Å². The van der Waals surface area contributed by atoms with Crippen LogP contribution >= 0.6 is 24.0 Å². The number of aliphatic hydroxyl groups excluding tert-OH is 1. The topological polar surface area (TPSA) is 66.5 Å². The molecule has 8 heteroatoms. The number of benzene rings is 1. The summed E-state index contributed by atoms with van der Waals surface area (Å²) >= 11 is 5.61. The molecule has 1 rings (SSSR count). The third kappa shape index (κ3) is 4.53. The van der Waals surface area contributed by atoms with Gasteiger partial charge in [0.1, 0.15) is 11.8 Å². The van der Waals surface area contributed by atoms with E-state index >= 15 is 0 Å². The van der Waals surface area contributed by atoms with Gasteiger partial charge in [0.05, 0.1) is 6.10 Å². The number of halogens is 5. The standard InChI is InChI=1S/C10H11ClF3NO2.ClH/c11-5-1-2-7(16)6(3-5)8(17)4-9(15)10(12,13)14;/h1-3,8-9,16-17H,4,15H2;1H/t8-,9-;/m1./s1. The summed E-state index contributed by atoms with van der Waals surface area (Å²) in [5.41, 5.74) is 4.81. The summed E-state index contributed by atoms with van der Waals surface area (Å²) in [7, 11) is 0. The normalized spacial score (nSPS) is 14.8. The van der Waals surface area contributed by atoms with Crippen LogP contribution < -0.4 is 5.73 Å². The number of aliphatic hydroxyl groups is 1. The Labute approximate surface area is 113 Å². The van der Waals surface area contributed by atoms with Crippen molar-refractivity contribution in [2.24, 2.45) is 5.73 Å². The Morgan fingerprint density at radius 2 is 1.89 bits per heavy atom. The molecule has 0 aliphatic heterocycles. The Morgan fingerprint density at radius 1 is 1.33 bits per heavy atom. The lowest BCUT2D eigenvalue weighted by atomic mass is 10.0. The molecule has 104 valence electrons. The quantitative estimate of drug-likeness (QED) is 0.804. The third-order valence-electron chi connectivity index (χ3n) is 2.25. The van der Waals surface area contributed by atoms with Crippen LogP contribution in [-0.2, 0) is 0 Å². The average molecular weight is 306 g/mol. The molecular formula is C10H12Cl2F3NO2. The number of phenolic OH excluding ortho intramolecular Hbond substituents is 1. The highest BCUT2D eigenvalue weighted by Gasteiger charge is 2.38. The predicted octanol–water partition coefficient (Wildman–Crippen LogP) is 2.78. The van der Waals surface area contributed by atoms with Gasteiger partial charge in [0.2, 0.25) is 0 Å². The molecule has 1 aromatic carbocycles. The van der Waals surface area contributed by atoms with E-state index in [0.717, 1.165) is 0 Å². The summed E-state index contributed by atoms with van der Waals surface area (Å²) in [6.45, 7) is 0. The van der Waals surface area contributed by atoms with Gasteiger partial charge in [-0.2, -0.15) is 13.2 Å². The van der Waals surface area contributed by atoms with Crippen molar-refractivity contribution in [2.45, 2.75) is 24.7 Å². The highest BCUT2D eigenvalue weighted by atomic mass is 35.5. The van der Waals surface area contributed by atoms with Crippen LogP contribution in [0.5, 0.6) is 5.75 Å². The lowest BCUT2D eigenvalue weighted by Crippen LogP contribution is -2.38. The second-order valence-electron chi connectivity index (χ2n) is 3.60. The molecule has 0 aliphatic rings. The number of hydrogen-bond acceptors (Lipinski definition) is 3. The van der Waals surface area contributed by atoms with E-state index in [1.54, 1.807) is 0 Å². The van der Waals surface area contributed by atoms with Gasteiger partial charge in [-0.1, -0.05) is 11.6 Å². The molecular weight excluding hydrogens is 294 g/mol. The zero-order chi connectivity index (χ0) is 13.2. The molecule has 0 aliphatic carbocycles. The van der Waals surface area contributed by atoms with Gasteiger partial charge in [-0.15, -0.1) is 12.4 Å². The molecule has 0 aromatic heterocycles. The molecule has 0 saturated carbocycles. The number of hydrogen-bond donors (Lipinski definition) is 3. The molecule has 0 bridgehead atoms. The van der Waals surface area contributed by atoms with Gasteiger partial charge in [-0.3, -0.25) is 0 Å². The Balaban J connectivity index is 0.00000289. The Kier molecular flexibility index (Phi) is 6.22. The van der Waals surface area contributed by atoms with Crippen LogP contribution in [-0.4, -0.2) is 22.4 Å². The fourth-order valence-corrected chi connectivity index (χ4v) is 1.47. The molecule has 0 saturated heterocycles. The Bertz CT molecular complexity index is 401. The maximum atomic E-state index is 12.2. The Hall–Kier alpha value is -0.690. The van der Waals surface area contributed by atoms with Crippen molar-refractivity contribution in [3.8, 4) is 5.75 Å². The summed E-state index contributed by atoms with van der Waals surface area (Å²) in [5, 5.41) is 19.1. The van der Waals surface area contributed by atoms with E-state index in [4.69, 9.17) is 17.3 Å². The number of rotatable bonds is 3. The van der Waals surface area contributed by atoms with Gasteiger partial charge in [-0.05, 0) is 18.2 Å². The summed E-state index contributed by atoms with van der Waals surface area (Å²) in [6.07, 6.45) is -6.85. The molecule has 2 atom stereocenters. The first-order valence-electron chi connectivity index (χ1n) is 4.70. The van der Waals surface area contributed by atoms with Crippen molar-refractivity contribution >= 4 is 24.0 Å². The average Bonchev–Trinajstić information content (AvgIpc) is 2.20. The first-order valence-corrected chi connectivity index (χ1v) is 5.08. The van der Waals surface area contributed by atoms with Crippen LogP contribution in [0.3, 0.4) is 0 Å². The van der Waals surface area contributed by atoms with Crippen LogP contribution in [0.1, 0.15) is 18.1 Å². The SMILES string of the molecule is Cl.N[C@H](C[C@@H](O)c1cc(Cl)ccc1O)C(F)(F)F. The fraction of sp³-hybridized carbons (Fsp3) is 0.400. The molecule has 0 spiro atoms. The van der Waals surface area contributed by atoms with Crippen molar-refractivity contribution in [3.05, 3.63) is 28.8 Å². The maximum Gasteiger partial charge on any atom is 0.403 e. The summed E-state index contributed by atoms with van der Waals surface area (Å²) in [6, 6.07) is 1.59. The molecule has 0 radical (unpaired) electrons. The van der Waals surface area contributed by atoms with Gasteiger partial charge in [0.25, 0.3) is 0 Å². The van der Waals surface area contributed by atoms with E-state index in [0.29, 0.717) is 0 Å². The number of phenols is 1. The van der Waals surface area contributed by atoms with Crippen LogP contribution in [0, 0.1) is 0 Å². The summed E-state index contributed by atoms with van der Waals surface area (Å²) in [5.74, 6) is -0.323. The first-order chi connectivity index (χ1) is 7.71. The van der Waals surface area contributed by atoms with Crippen LogP contribution in [0.15, 0.2) is 18.2 Å². The highest BCUT2D eigenvalue weighted by molar-refractivity contribution is 6.30. The van der Waals surface area contributed by atoms with E-state index in [1.807, 2.05) is 0 Å². The minimum atomic E-state index is -4.59. The van der Waals surface area contributed by atoms with Gasteiger partial charge in [0.15, 0.2) is 0 Å². The molecule has 0 amide bonds. The minimum Gasteiger partial charge on any atom is -0.508 e. The summed E-state index contributed by atoms with van der Waals surface area (Å²) in [4.78, 5) is 0. The van der Waals surface area contributed by atoms with Crippen molar-refractivity contribution < 1.29 is 23.4 Å². The Morgan fingerprint density at radius 3 is 2.39 bits per heavy atom. The second kappa shape index (κ2) is 6.47. The molecule has 0 unspecified atom stereocenters. The predicted molar refractivity (Wildman–Crippen MR) is 64.0 cm³/mol. The number of alkyl halides is 3. The van der Waals surface area contributed by atoms with Crippen molar-refractivity contribution in [1.29, 1.82) is 0 Å². The van der Waals surface area contributed by atoms with E-state index < -0.39 is 24.7 Å². The third-order valence-corrected chi connectivity index (χ3v) is 2.48. The van der Waals surface area contributed by atoms with Crippen molar-refractivity contribution in [3.63, 3.8) is 0 Å². The minimum absolute atomic E-state index is 0. The van der Waals surface area contributed by atoms with E-state index in [1.165, 1.54) is 18.2 Å². The smallest absolute Gasteiger partial charge is 0.403 e. The second-order valence-corrected chi connectivity index (χ2v) is 4.04. The van der Waals surface area contributed by atoms with Gasteiger partial charge >= 0.3 is 6.18 Å². The van der Waals surface area contributed by atoms with Crippen LogP contribution in [0.4, 0.5) is 13.2 Å². The fourth-order valence-electron chi connectivity index (χ4n) is 1.29. The van der Waals surface area contributed by atoms with E-state index in [2.05, 4.69) is 0 Å². The van der Waals surface area contributed by atoms with Crippen molar-refractivity contribution in [2.75, 3.05) is 0 Å². The maximum absolute atomic E-state index is 12.2. The largest absolute Gasteiger partial charge is 0.508 e. The molecule has 0 fully saturated rings. The zero-order valence-electron chi connectivity index (χ0n) is 8.99.